The fourth-order valence-electron chi connectivity index (χ4n) is 1.20. The zero-order chi connectivity index (χ0) is 11.4. The van der Waals surface area contributed by atoms with Crippen LogP contribution in [0.15, 0.2) is 42.6 Å². The molecule has 0 aliphatic carbocycles. The Labute approximate surface area is 97.7 Å². The summed E-state index contributed by atoms with van der Waals surface area (Å²) in [4.78, 5) is 14.6. The molecule has 0 saturated carbocycles. The van der Waals surface area contributed by atoms with Gasteiger partial charge in [0.2, 0.25) is 5.88 Å². The molecule has 3 nitrogen and oxygen atoms in total. The number of aldehydes is 1. The van der Waals surface area contributed by atoms with Gasteiger partial charge in [0, 0.05) is 23.9 Å². The lowest BCUT2D eigenvalue weighted by Crippen LogP contribution is -1.88. The predicted octanol–water partition coefficient (Wildman–Crippen LogP) is 3.34. The third kappa shape index (κ3) is 2.38. The normalized spacial score (nSPS) is 9.81. The Hall–Kier alpha value is -1.87. The van der Waals surface area contributed by atoms with Gasteiger partial charge in [-0.25, -0.2) is 4.98 Å². The lowest BCUT2D eigenvalue weighted by Gasteiger charge is -2.05. The van der Waals surface area contributed by atoms with Crippen LogP contribution < -0.4 is 4.74 Å². The fraction of sp³-hybridized carbons (Fsp3) is 0. The zero-order valence-electron chi connectivity index (χ0n) is 8.26. The Morgan fingerprint density at radius 3 is 2.75 bits per heavy atom. The number of ether oxygens (including phenoxy) is 1. The van der Waals surface area contributed by atoms with Crippen LogP contribution in [0.5, 0.6) is 11.6 Å². The van der Waals surface area contributed by atoms with Gasteiger partial charge in [-0.15, -0.1) is 0 Å². The van der Waals surface area contributed by atoms with Crippen LogP contribution in [0.2, 0.25) is 5.02 Å². The standard InChI is InChI=1S/C12H8ClNO2/c13-11-7-10(5-4-9(11)8-15)16-12-3-1-2-6-14-12/h1-8H. The minimum atomic E-state index is 0.364. The van der Waals surface area contributed by atoms with Gasteiger partial charge < -0.3 is 4.74 Å². The van der Waals surface area contributed by atoms with Gasteiger partial charge in [-0.05, 0) is 18.2 Å². The molecule has 0 spiro atoms. The molecule has 0 aliphatic heterocycles. The largest absolute Gasteiger partial charge is 0.439 e. The molecule has 4 heteroatoms. The van der Waals surface area contributed by atoms with Crippen LogP contribution in [-0.2, 0) is 0 Å². The maximum Gasteiger partial charge on any atom is 0.219 e. The van der Waals surface area contributed by atoms with E-state index in [0.717, 1.165) is 0 Å². The Balaban J connectivity index is 2.23. The van der Waals surface area contributed by atoms with Crippen LogP contribution >= 0.6 is 11.6 Å². The highest BCUT2D eigenvalue weighted by molar-refractivity contribution is 6.33. The van der Waals surface area contributed by atoms with E-state index in [1.54, 1.807) is 36.5 Å². The first-order valence-electron chi connectivity index (χ1n) is 4.63. The topological polar surface area (TPSA) is 39.2 Å². The molecule has 0 atom stereocenters. The Morgan fingerprint density at radius 2 is 2.12 bits per heavy atom. The van der Waals surface area contributed by atoms with Crippen LogP contribution in [0.25, 0.3) is 0 Å². The lowest BCUT2D eigenvalue weighted by atomic mass is 10.2. The molecular formula is C12H8ClNO2. The van der Waals surface area contributed by atoms with E-state index in [1.165, 1.54) is 0 Å². The third-order valence-corrected chi connectivity index (χ3v) is 2.29. The summed E-state index contributed by atoms with van der Waals surface area (Å²) in [5.74, 6) is 1.03. The number of rotatable bonds is 3. The molecule has 0 N–H and O–H groups in total. The molecule has 0 amide bonds. The first kappa shape index (κ1) is 10.6. The Morgan fingerprint density at radius 1 is 1.25 bits per heavy atom. The van der Waals surface area contributed by atoms with Gasteiger partial charge in [-0.2, -0.15) is 0 Å². The number of hydrogen-bond donors (Lipinski definition) is 0. The average molecular weight is 234 g/mol. The van der Waals surface area contributed by atoms with Crippen molar-refractivity contribution >= 4 is 17.9 Å². The number of carbonyl (C=O) groups is 1. The minimum absolute atomic E-state index is 0.364. The van der Waals surface area contributed by atoms with Crippen LogP contribution in [0.4, 0.5) is 0 Å². The predicted molar refractivity (Wildman–Crippen MR) is 61.2 cm³/mol. The lowest BCUT2D eigenvalue weighted by molar-refractivity contribution is 0.112. The molecule has 0 unspecified atom stereocenters. The van der Waals surface area contributed by atoms with Crippen molar-refractivity contribution in [2.24, 2.45) is 0 Å². The van der Waals surface area contributed by atoms with Crippen LogP contribution in [0.1, 0.15) is 10.4 Å². The summed E-state index contributed by atoms with van der Waals surface area (Å²) in [7, 11) is 0. The monoisotopic (exact) mass is 233 g/mol. The van der Waals surface area contributed by atoms with E-state index in [0.29, 0.717) is 28.5 Å². The first-order valence-corrected chi connectivity index (χ1v) is 5.01. The highest BCUT2D eigenvalue weighted by Gasteiger charge is 2.02. The molecular weight excluding hydrogens is 226 g/mol. The smallest absolute Gasteiger partial charge is 0.219 e. The fourth-order valence-corrected chi connectivity index (χ4v) is 1.41. The molecule has 16 heavy (non-hydrogen) atoms. The SMILES string of the molecule is O=Cc1ccc(Oc2ccccn2)cc1Cl. The summed E-state index contributed by atoms with van der Waals surface area (Å²) < 4.78 is 5.45. The number of nitrogens with zero attached hydrogens (tertiary/aromatic N) is 1. The molecule has 0 aliphatic rings. The molecule has 1 aromatic heterocycles. The average Bonchev–Trinajstić information content (AvgIpc) is 2.31. The second-order valence-electron chi connectivity index (χ2n) is 3.07. The van der Waals surface area contributed by atoms with Crippen molar-refractivity contribution in [2.75, 3.05) is 0 Å². The second-order valence-corrected chi connectivity index (χ2v) is 3.48. The molecule has 80 valence electrons. The maximum absolute atomic E-state index is 10.6. The first-order chi connectivity index (χ1) is 7.79. The van der Waals surface area contributed by atoms with Crippen molar-refractivity contribution in [3.05, 3.63) is 53.2 Å². The Bertz CT molecular complexity index is 500. The molecule has 2 rings (SSSR count). The van der Waals surface area contributed by atoms with E-state index >= 15 is 0 Å². The van der Waals surface area contributed by atoms with Gasteiger partial charge in [0.15, 0.2) is 6.29 Å². The van der Waals surface area contributed by atoms with Crippen molar-refractivity contribution in [1.29, 1.82) is 0 Å². The van der Waals surface area contributed by atoms with Gasteiger partial charge in [0.1, 0.15) is 5.75 Å². The van der Waals surface area contributed by atoms with Crippen LogP contribution in [-0.4, -0.2) is 11.3 Å². The number of carbonyl (C=O) groups excluding carboxylic acids is 1. The van der Waals surface area contributed by atoms with Crippen molar-refractivity contribution in [3.63, 3.8) is 0 Å². The zero-order valence-corrected chi connectivity index (χ0v) is 9.02. The highest BCUT2D eigenvalue weighted by Crippen LogP contribution is 2.24. The number of hydrogen-bond acceptors (Lipinski definition) is 3. The number of halogens is 1. The van der Waals surface area contributed by atoms with E-state index in [4.69, 9.17) is 16.3 Å². The quantitative estimate of drug-likeness (QED) is 0.764. The summed E-state index contributed by atoms with van der Waals surface area (Å²) in [5.41, 5.74) is 0.440. The molecule has 0 fully saturated rings. The molecule has 0 bridgehead atoms. The summed E-state index contributed by atoms with van der Waals surface area (Å²) in [6, 6.07) is 10.2. The van der Waals surface area contributed by atoms with E-state index in [9.17, 15) is 4.79 Å². The van der Waals surface area contributed by atoms with Gasteiger partial charge in [0.05, 0.1) is 5.02 Å². The number of pyridine rings is 1. The molecule has 0 radical (unpaired) electrons. The van der Waals surface area contributed by atoms with Crippen LogP contribution in [0.3, 0.4) is 0 Å². The van der Waals surface area contributed by atoms with Crippen molar-refractivity contribution in [1.82, 2.24) is 4.98 Å². The maximum atomic E-state index is 10.6. The highest BCUT2D eigenvalue weighted by atomic mass is 35.5. The van der Waals surface area contributed by atoms with Gasteiger partial charge >= 0.3 is 0 Å². The molecule has 1 aromatic carbocycles. The summed E-state index contributed by atoms with van der Waals surface area (Å²) in [5, 5.41) is 0.364. The van der Waals surface area contributed by atoms with Crippen LogP contribution in [0, 0.1) is 0 Å². The third-order valence-electron chi connectivity index (χ3n) is 1.96. The van der Waals surface area contributed by atoms with E-state index in [2.05, 4.69) is 4.98 Å². The van der Waals surface area contributed by atoms with Crippen molar-refractivity contribution < 1.29 is 9.53 Å². The second kappa shape index (κ2) is 4.77. The molecule has 1 heterocycles. The Kier molecular flexibility index (Phi) is 3.17. The van der Waals surface area contributed by atoms with Gasteiger partial charge in [0.25, 0.3) is 0 Å². The minimum Gasteiger partial charge on any atom is -0.439 e. The number of benzene rings is 1. The van der Waals surface area contributed by atoms with E-state index in [1.807, 2.05) is 6.07 Å². The summed E-state index contributed by atoms with van der Waals surface area (Å²) in [6.45, 7) is 0. The van der Waals surface area contributed by atoms with Crippen molar-refractivity contribution in [2.45, 2.75) is 0 Å². The summed E-state index contributed by atoms with van der Waals surface area (Å²) in [6.07, 6.45) is 2.34. The van der Waals surface area contributed by atoms with E-state index in [-0.39, 0.29) is 0 Å². The van der Waals surface area contributed by atoms with Crippen molar-refractivity contribution in [3.8, 4) is 11.6 Å². The molecule has 2 aromatic rings. The summed E-state index contributed by atoms with van der Waals surface area (Å²) >= 11 is 5.86. The van der Waals surface area contributed by atoms with E-state index < -0.39 is 0 Å². The van der Waals surface area contributed by atoms with Gasteiger partial charge in [-0.1, -0.05) is 17.7 Å². The van der Waals surface area contributed by atoms with Gasteiger partial charge in [-0.3, -0.25) is 4.79 Å². The molecule has 0 saturated heterocycles. The number of aromatic nitrogens is 1.